The number of nitrogens with zero attached hydrogens (tertiary/aromatic N) is 1. The van der Waals surface area contributed by atoms with Gasteiger partial charge in [0.05, 0.1) is 11.1 Å². The average molecular weight is 333 g/mol. The van der Waals surface area contributed by atoms with E-state index >= 15 is 0 Å². The third-order valence-corrected chi connectivity index (χ3v) is 4.69. The van der Waals surface area contributed by atoms with Crippen LogP contribution in [0.3, 0.4) is 0 Å². The van der Waals surface area contributed by atoms with Gasteiger partial charge in [0.25, 0.3) is 5.91 Å². The van der Waals surface area contributed by atoms with Crippen molar-refractivity contribution >= 4 is 34.1 Å². The van der Waals surface area contributed by atoms with Crippen molar-refractivity contribution in [2.24, 2.45) is 0 Å². The van der Waals surface area contributed by atoms with Crippen LogP contribution >= 0.6 is 0 Å². The molecule has 1 aliphatic rings. The number of anilines is 2. The average Bonchev–Trinajstić information content (AvgIpc) is 3.10. The fourth-order valence-electron chi connectivity index (χ4n) is 3.46. The van der Waals surface area contributed by atoms with Crippen LogP contribution in [0, 0.1) is 0 Å². The van der Waals surface area contributed by atoms with Crippen LogP contribution in [-0.4, -0.2) is 23.3 Å². The highest BCUT2D eigenvalue weighted by molar-refractivity contribution is 6.12. The van der Waals surface area contributed by atoms with Gasteiger partial charge >= 0.3 is 0 Å². The molecule has 3 aromatic rings. The number of H-pyrrole nitrogens is 1. The van der Waals surface area contributed by atoms with Gasteiger partial charge in [-0.25, -0.2) is 0 Å². The Labute approximate surface area is 145 Å². The molecule has 0 radical (unpaired) electrons. The van der Waals surface area contributed by atoms with Crippen LogP contribution in [0.2, 0.25) is 0 Å². The Balaban J connectivity index is 1.62. The summed E-state index contributed by atoms with van der Waals surface area (Å²) >= 11 is 0. The number of fused-ring (bicyclic) bond motifs is 2. The minimum absolute atomic E-state index is 0.146. The number of benzene rings is 2. The van der Waals surface area contributed by atoms with Gasteiger partial charge in [0.2, 0.25) is 5.91 Å². The van der Waals surface area contributed by atoms with E-state index in [1.807, 2.05) is 55.6 Å². The second kappa shape index (κ2) is 6.09. The van der Waals surface area contributed by atoms with Gasteiger partial charge < -0.3 is 15.2 Å². The number of amides is 2. The Hall–Kier alpha value is -3.08. The molecule has 2 amide bonds. The number of hydrogen-bond donors (Lipinski definition) is 2. The molecule has 4 rings (SSSR count). The van der Waals surface area contributed by atoms with Gasteiger partial charge in [0, 0.05) is 35.9 Å². The van der Waals surface area contributed by atoms with Crippen molar-refractivity contribution < 1.29 is 9.59 Å². The van der Waals surface area contributed by atoms with Gasteiger partial charge in [0.1, 0.15) is 0 Å². The summed E-state index contributed by atoms with van der Waals surface area (Å²) in [5, 5.41) is 3.98. The fourth-order valence-corrected chi connectivity index (χ4v) is 3.46. The lowest BCUT2D eigenvalue weighted by Gasteiger charge is -2.28. The van der Waals surface area contributed by atoms with Crippen molar-refractivity contribution in [3.05, 3.63) is 59.8 Å². The summed E-state index contributed by atoms with van der Waals surface area (Å²) in [6, 6.07) is 13.3. The molecule has 0 atom stereocenters. The summed E-state index contributed by atoms with van der Waals surface area (Å²) in [5.74, 6) is 0.0115. The second-order valence-electron chi connectivity index (χ2n) is 6.18. The van der Waals surface area contributed by atoms with Crippen LogP contribution < -0.4 is 10.2 Å². The minimum Gasteiger partial charge on any atom is -0.361 e. The molecule has 2 heterocycles. The smallest absolute Gasteiger partial charge is 0.257 e. The molecule has 25 heavy (non-hydrogen) atoms. The first-order valence-electron chi connectivity index (χ1n) is 8.48. The molecule has 0 saturated heterocycles. The third kappa shape index (κ3) is 2.67. The highest BCUT2D eigenvalue weighted by Crippen LogP contribution is 2.30. The van der Waals surface area contributed by atoms with Gasteiger partial charge in [-0.05, 0) is 49.2 Å². The van der Waals surface area contributed by atoms with Crippen molar-refractivity contribution in [2.45, 2.75) is 19.8 Å². The Morgan fingerprint density at radius 3 is 2.92 bits per heavy atom. The van der Waals surface area contributed by atoms with Crippen LogP contribution in [0.15, 0.2) is 48.7 Å². The molecule has 0 saturated carbocycles. The molecule has 0 bridgehead atoms. The van der Waals surface area contributed by atoms with Crippen molar-refractivity contribution in [1.29, 1.82) is 0 Å². The van der Waals surface area contributed by atoms with Gasteiger partial charge in [-0.3, -0.25) is 9.59 Å². The standard InChI is InChI=1S/C20H19N3O2/c1-2-23-17-8-7-15(12-14(17)6-9-18(23)24)22-20(25)16-5-3-4-13-10-11-21-19(13)16/h3-5,7-8,10-12,21H,2,6,9H2,1H3,(H,22,25). The molecule has 0 spiro atoms. The van der Waals surface area contributed by atoms with E-state index in [9.17, 15) is 9.59 Å². The maximum absolute atomic E-state index is 12.7. The lowest BCUT2D eigenvalue weighted by atomic mass is 10.0. The number of carbonyl (C=O) groups is 2. The Morgan fingerprint density at radius 2 is 2.08 bits per heavy atom. The van der Waals surface area contributed by atoms with Crippen LogP contribution in [0.5, 0.6) is 0 Å². The topological polar surface area (TPSA) is 65.2 Å². The highest BCUT2D eigenvalue weighted by Gasteiger charge is 2.23. The summed E-state index contributed by atoms with van der Waals surface area (Å²) < 4.78 is 0. The fraction of sp³-hybridized carbons (Fsp3) is 0.200. The number of hydrogen-bond acceptors (Lipinski definition) is 2. The summed E-state index contributed by atoms with van der Waals surface area (Å²) in [7, 11) is 0. The first-order valence-corrected chi connectivity index (χ1v) is 8.48. The molecule has 5 nitrogen and oxygen atoms in total. The van der Waals surface area contributed by atoms with E-state index in [1.165, 1.54) is 0 Å². The van der Waals surface area contributed by atoms with E-state index in [0.29, 0.717) is 24.9 Å². The molecule has 0 fully saturated rings. The molecular weight excluding hydrogens is 314 g/mol. The summed E-state index contributed by atoms with van der Waals surface area (Å²) in [4.78, 5) is 29.6. The van der Waals surface area contributed by atoms with Crippen molar-refractivity contribution in [1.82, 2.24) is 4.98 Å². The summed E-state index contributed by atoms with van der Waals surface area (Å²) in [6.07, 6.45) is 3.05. The van der Waals surface area contributed by atoms with Crippen molar-refractivity contribution in [2.75, 3.05) is 16.8 Å². The number of nitrogens with one attached hydrogen (secondary N) is 2. The Bertz CT molecular complexity index is 974. The first-order chi connectivity index (χ1) is 12.2. The molecule has 1 aromatic heterocycles. The van der Waals surface area contributed by atoms with E-state index in [-0.39, 0.29) is 11.8 Å². The number of aromatic nitrogens is 1. The maximum Gasteiger partial charge on any atom is 0.257 e. The van der Waals surface area contributed by atoms with Crippen molar-refractivity contribution in [3.8, 4) is 0 Å². The zero-order chi connectivity index (χ0) is 17.4. The predicted molar refractivity (Wildman–Crippen MR) is 99.0 cm³/mol. The van der Waals surface area contributed by atoms with Crippen LogP contribution in [-0.2, 0) is 11.2 Å². The molecule has 126 valence electrons. The minimum atomic E-state index is -0.146. The monoisotopic (exact) mass is 333 g/mol. The second-order valence-corrected chi connectivity index (χ2v) is 6.18. The lowest BCUT2D eigenvalue weighted by Crippen LogP contribution is -2.34. The van der Waals surface area contributed by atoms with Crippen LogP contribution in [0.1, 0.15) is 29.3 Å². The lowest BCUT2D eigenvalue weighted by molar-refractivity contribution is -0.118. The van der Waals surface area contributed by atoms with Gasteiger partial charge in [-0.1, -0.05) is 12.1 Å². The summed E-state index contributed by atoms with van der Waals surface area (Å²) in [6.45, 7) is 2.63. The van der Waals surface area contributed by atoms with E-state index in [1.54, 1.807) is 4.90 Å². The molecule has 0 unspecified atom stereocenters. The zero-order valence-electron chi connectivity index (χ0n) is 14.0. The molecule has 2 N–H and O–H groups in total. The van der Waals surface area contributed by atoms with Crippen LogP contribution in [0.25, 0.3) is 10.9 Å². The Morgan fingerprint density at radius 1 is 1.20 bits per heavy atom. The molecular formula is C20H19N3O2. The SMILES string of the molecule is CCN1C(=O)CCc2cc(NC(=O)c3cccc4cc[nH]c34)ccc21. The van der Waals surface area contributed by atoms with E-state index in [2.05, 4.69) is 10.3 Å². The van der Waals surface area contributed by atoms with E-state index in [4.69, 9.17) is 0 Å². The number of aryl methyl sites for hydroxylation is 1. The third-order valence-electron chi connectivity index (χ3n) is 4.69. The Kier molecular flexibility index (Phi) is 3.76. The molecule has 0 aliphatic carbocycles. The quantitative estimate of drug-likeness (QED) is 0.767. The van der Waals surface area contributed by atoms with Crippen LogP contribution in [0.4, 0.5) is 11.4 Å². The highest BCUT2D eigenvalue weighted by atomic mass is 16.2. The van der Waals surface area contributed by atoms with E-state index < -0.39 is 0 Å². The number of carbonyl (C=O) groups excluding carboxylic acids is 2. The van der Waals surface area contributed by atoms with E-state index in [0.717, 1.165) is 27.8 Å². The summed E-state index contributed by atoms with van der Waals surface area (Å²) in [5.41, 5.74) is 4.24. The number of para-hydroxylation sites is 1. The first kappa shape index (κ1) is 15.4. The zero-order valence-corrected chi connectivity index (χ0v) is 14.0. The molecule has 5 heteroatoms. The van der Waals surface area contributed by atoms with Gasteiger partial charge in [-0.2, -0.15) is 0 Å². The largest absolute Gasteiger partial charge is 0.361 e. The number of aromatic amines is 1. The predicted octanol–water partition coefficient (Wildman–Crippen LogP) is 3.72. The van der Waals surface area contributed by atoms with Gasteiger partial charge in [0.15, 0.2) is 0 Å². The maximum atomic E-state index is 12.7. The molecule has 1 aliphatic heterocycles. The normalized spacial score (nSPS) is 13.8. The molecule has 2 aromatic carbocycles. The van der Waals surface area contributed by atoms with Crippen molar-refractivity contribution in [3.63, 3.8) is 0 Å². The van der Waals surface area contributed by atoms with Gasteiger partial charge in [-0.15, -0.1) is 0 Å². The number of rotatable bonds is 3.